The Morgan fingerprint density at radius 2 is 1.75 bits per heavy atom. The summed E-state index contributed by atoms with van der Waals surface area (Å²) in [6, 6.07) is 17.1. The van der Waals surface area contributed by atoms with Gasteiger partial charge in [-0.05, 0) is 17.7 Å². The number of ether oxygens (including phenoxy) is 1. The van der Waals surface area contributed by atoms with Gasteiger partial charge in [0.2, 0.25) is 5.91 Å². The molecule has 0 saturated carbocycles. The van der Waals surface area contributed by atoms with Gasteiger partial charge in [0.05, 0.1) is 31.9 Å². The number of amides is 2. The zero-order valence-corrected chi connectivity index (χ0v) is 18.7. The first-order valence-electron chi connectivity index (χ1n) is 10.5. The van der Waals surface area contributed by atoms with Crippen molar-refractivity contribution in [2.75, 3.05) is 39.9 Å². The second-order valence-corrected chi connectivity index (χ2v) is 8.17. The van der Waals surface area contributed by atoms with Gasteiger partial charge < -0.3 is 14.5 Å². The van der Waals surface area contributed by atoms with Crippen molar-refractivity contribution in [2.24, 2.45) is 0 Å². The van der Waals surface area contributed by atoms with Crippen molar-refractivity contribution in [3.63, 3.8) is 0 Å². The molecule has 0 N–H and O–H groups in total. The Morgan fingerprint density at radius 3 is 2.44 bits per heavy atom. The summed E-state index contributed by atoms with van der Waals surface area (Å²) in [6.07, 6.45) is 1.75. The van der Waals surface area contributed by atoms with Crippen LogP contribution in [-0.2, 0) is 16.1 Å². The third kappa shape index (κ3) is 5.18. The summed E-state index contributed by atoms with van der Waals surface area (Å²) in [5.41, 5.74) is 2.87. The summed E-state index contributed by atoms with van der Waals surface area (Å²) in [6.45, 7) is 2.68. The van der Waals surface area contributed by atoms with Crippen molar-refractivity contribution < 1.29 is 14.3 Å². The van der Waals surface area contributed by atoms with Crippen molar-refractivity contribution >= 4 is 23.4 Å². The molecule has 0 atom stereocenters. The lowest BCUT2D eigenvalue weighted by Crippen LogP contribution is -2.46. The largest absolute Gasteiger partial charge is 0.378 e. The third-order valence-electron chi connectivity index (χ3n) is 5.38. The molecule has 7 nitrogen and oxygen atoms in total. The highest BCUT2D eigenvalue weighted by Crippen LogP contribution is 2.25. The molecule has 3 aromatic rings. The molecule has 1 aliphatic heterocycles. The molecule has 166 valence electrons. The van der Waals surface area contributed by atoms with Crippen LogP contribution in [0.5, 0.6) is 0 Å². The van der Waals surface area contributed by atoms with Gasteiger partial charge in [-0.2, -0.15) is 5.10 Å². The number of halogens is 1. The van der Waals surface area contributed by atoms with Crippen LogP contribution < -0.4 is 0 Å². The lowest BCUT2D eigenvalue weighted by atomic mass is 10.1. The highest BCUT2D eigenvalue weighted by atomic mass is 35.5. The van der Waals surface area contributed by atoms with Crippen LogP contribution in [0.2, 0.25) is 5.02 Å². The van der Waals surface area contributed by atoms with Crippen molar-refractivity contribution in [1.82, 2.24) is 19.6 Å². The normalized spacial score (nSPS) is 13.8. The Hall–Kier alpha value is -3.16. The van der Waals surface area contributed by atoms with E-state index in [-0.39, 0.29) is 18.4 Å². The summed E-state index contributed by atoms with van der Waals surface area (Å²) in [7, 11) is 1.64. The van der Waals surface area contributed by atoms with E-state index in [1.54, 1.807) is 35.0 Å². The van der Waals surface area contributed by atoms with Gasteiger partial charge in [-0.3, -0.25) is 14.3 Å². The van der Waals surface area contributed by atoms with Crippen LogP contribution in [-0.4, -0.2) is 71.3 Å². The molecule has 8 heteroatoms. The van der Waals surface area contributed by atoms with Crippen molar-refractivity contribution in [2.45, 2.75) is 6.54 Å². The summed E-state index contributed by atoms with van der Waals surface area (Å²) in [5, 5.41) is 5.30. The number of benzene rings is 2. The lowest BCUT2D eigenvalue weighted by molar-refractivity contribution is -0.135. The van der Waals surface area contributed by atoms with Gasteiger partial charge in [0.1, 0.15) is 5.69 Å². The van der Waals surface area contributed by atoms with Crippen LogP contribution in [0.4, 0.5) is 0 Å². The van der Waals surface area contributed by atoms with Gasteiger partial charge in [-0.15, -0.1) is 0 Å². The van der Waals surface area contributed by atoms with Crippen LogP contribution in [0.25, 0.3) is 11.3 Å². The monoisotopic (exact) mass is 452 g/mol. The molecule has 0 radical (unpaired) electrons. The predicted octanol–water partition coefficient (Wildman–Crippen LogP) is 3.18. The summed E-state index contributed by atoms with van der Waals surface area (Å²) < 4.78 is 7.06. The Morgan fingerprint density at radius 1 is 1.06 bits per heavy atom. The summed E-state index contributed by atoms with van der Waals surface area (Å²) in [5.74, 6) is -0.343. The van der Waals surface area contributed by atoms with Crippen LogP contribution in [0.3, 0.4) is 0 Å². The first-order valence-corrected chi connectivity index (χ1v) is 10.9. The highest BCUT2D eigenvalue weighted by molar-refractivity contribution is 6.30. The third-order valence-corrected chi connectivity index (χ3v) is 5.63. The van der Waals surface area contributed by atoms with Gasteiger partial charge in [0, 0.05) is 36.9 Å². The van der Waals surface area contributed by atoms with E-state index in [0.29, 0.717) is 49.1 Å². The molecule has 2 heterocycles. The molecule has 1 aromatic heterocycles. The highest BCUT2D eigenvalue weighted by Gasteiger charge is 2.25. The van der Waals surface area contributed by atoms with Gasteiger partial charge in [0.25, 0.3) is 5.91 Å². The Labute approximate surface area is 192 Å². The predicted molar refractivity (Wildman–Crippen MR) is 123 cm³/mol. The van der Waals surface area contributed by atoms with Crippen molar-refractivity contribution in [3.05, 3.63) is 76.9 Å². The minimum absolute atomic E-state index is 0.00273. The van der Waals surface area contributed by atoms with E-state index >= 15 is 0 Å². The molecule has 0 unspecified atom stereocenters. The summed E-state index contributed by atoms with van der Waals surface area (Å²) in [4.78, 5) is 29.1. The SMILES string of the molecule is CN(CC(=O)N1CCOCC1)C(=O)c1cn(Cc2ccccc2)nc1-c1ccc(Cl)cc1. The molecular weight excluding hydrogens is 428 g/mol. The van der Waals surface area contributed by atoms with Gasteiger partial charge in [-0.25, -0.2) is 0 Å². The van der Waals surface area contributed by atoms with E-state index in [4.69, 9.17) is 21.4 Å². The Bertz CT molecular complexity index is 1080. The average Bonchev–Trinajstić information content (AvgIpc) is 3.23. The minimum Gasteiger partial charge on any atom is -0.378 e. The molecule has 2 aromatic carbocycles. The van der Waals surface area contributed by atoms with Crippen molar-refractivity contribution in [3.8, 4) is 11.3 Å². The summed E-state index contributed by atoms with van der Waals surface area (Å²) >= 11 is 6.04. The maximum absolute atomic E-state index is 13.3. The number of carbonyl (C=O) groups excluding carboxylic acids is 2. The van der Waals surface area contributed by atoms with E-state index in [9.17, 15) is 9.59 Å². The van der Waals surface area contributed by atoms with Crippen LogP contribution >= 0.6 is 11.6 Å². The van der Waals surface area contributed by atoms with Crippen LogP contribution in [0.1, 0.15) is 15.9 Å². The topological polar surface area (TPSA) is 67.7 Å². The first-order chi connectivity index (χ1) is 15.5. The zero-order valence-electron chi connectivity index (χ0n) is 17.9. The molecule has 1 saturated heterocycles. The van der Waals surface area contributed by atoms with Crippen LogP contribution in [0, 0.1) is 0 Å². The maximum atomic E-state index is 13.3. The number of likely N-dealkylation sites (N-methyl/N-ethyl adjacent to an activating group) is 1. The number of nitrogens with zero attached hydrogens (tertiary/aromatic N) is 4. The number of rotatable bonds is 6. The molecule has 0 aliphatic carbocycles. The van der Waals surface area contributed by atoms with E-state index in [1.165, 1.54) is 4.90 Å². The smallest absolute Gasteiger partial charge is 0.257 e. The molecule has 1 aliphatic rings. The fourth-order valence-corrected chi connectivity index (χ4v) is 3.77. The first kappa shape index (κ1) is 22.0. The molecule has 0 spiro atoms. The number of carbonyl (C=O) groups is 2. The lowest BCUT2D eigenvalue weighted by Gasteiger charge is -2.28. The Kier molecular flexibility index (Phi) is 6.87. The van der Waals surface area contributed by atoms with Crippen molar-refractivity contribution in [1.29, 1.82) is 0 Å². The standard InChI is InChI=1S/C24H25ClN4O3/c1-27(17-22(30)28-11-13-32-14-12-28)24(31)21-16-29(15-18-5-3-2-4-6-18)26-23(21)19-7-9-20(25)10-8-19/h2-10,16H,11-15,17H2,1H3. The average molecular weight is 453 g/mol. The molecule has 2 amide bonds. The fourth-order valence-electron chi connectivity index (χ4n) is 3.64. The Balaban J connectivity index is 1.59. The van der Waals surface area contributed by atoms with E-state index < -0.39 is 0 Å². The van der Waals surface area contributed by atoms with E-state index in [2.05, 4.69) is 0 Å². The minimum atomic E-state index is -0.254. The number of hydrogen-bond acceptors (Lipinski definition) is 4. The molecule has 0 bridgehead atoms. The quantitative estimate of drug-likeness (QED) is 0.576. The zero-order chi connectivity index (χ0) is 22.5. The second-order valence-electron chi connectivity index (χ2n) is 7.74. The number of morpholine rings is 1. The molecule has 32 heavy (non-hydrogen) atoms. The van der Waals surface area contributed by atoms with Crippen LogP contribution in [0.15, 0.2) is 60.8 Å². The number of aromatic nitrogens is 2. The van der Waals surface area contributed by atoms with Gasteiger partial charge >= 0.3 is 0 Å². The second kappa shape index (κ2) is 9.97. The van der Waals surface area contributed by atoms with E-state index in [0.717, 1.165) is 11.1 Å². The molecular formula is C24H25ClN4O3. The molecule has 1 fully saturated rings. The maximum Gasteiger partial charge on any atom is 0.257 e. The molecule has 4 rings (SSSR count). The fraction of sp³-hybridized carbons (Fsp3) is 0.292. The van der Waals surface area contributed by atoms with Gasteiger partial charge in [-0.1, -0.05) is 54.1 Å². The number of hydrogen-bond donors (Lipinski definition) is 0. The van der Waals surface area contributed by atoms with E-state index in [1.807, 2.05) is 42.5 Å². The van der Waals surface area contributed by atoms with Gasteiger partial charge in [0.15, 0.2) is 0 Å².